The number of anilines is 3. The molecular formula is C28H32N4O3. The van der Waals surface area contributed by atoms with Crippen molar-refractivity contribution >= 4 is 34.8 Å². The standard InChI is InChI=1S/C28H32N4O3/c1-28(2,3)32-27(35)21-11-7-13-23(17-21)31-26(34)19-29-22-12-8-14-24(18-22)30-25(33)16-15-20-9-5-4-6-10-20/h4-14,17-18,29H,15-16,19H2,1-3H3,(H,30,33)(H,31,34)(H,32,35). The van der Waals surface area contributed by atoms with Crippen LogP contribution in [0, 0.1) is 0 Å². The van der Waals surface area contributed by atoms with Gasteiger partial charge >= 0.3 is 0 Å². The highest BCUT2D eigenvalue weighted by molar-refractivity contribution is 5.98. The Labute approximate surface area is 206 Å². The minimum atomic E-state index is -0.351. The summed E-state index contributed by atoms with van der Waals surface area (Å²) >= 11 is 0. The number of benzene rings is 3. The molecule has 0 aromatic heterocycles. The van der Waals surface area contributed by atoms with Gasteiger partial charge < -0.3 is 21.3 Å². The highest BCUT2D eigenvalue weighted by atomic mass is 16.2. The first kappa shape index (κ1) is 25.5. The molecule has 7 heteroatoms. The molecule has 0 radical (unpaired) electrons. The molecule has 0 aliphatic heterocycles. The van der Waals surface area contributed by atoms with Crippen LogP contribution in [-0.2, 0) is 16.0 Å². The van der Waals surface area contributed by atoms with Crippen molar-refractivity contribution in [2.45, 2.75) is 39.2 Å². The van der Waals surface area contributed by atoms with Crippen molar-refractivity contribution in [1.29, 1.82) is 0 Å². The third kappa shape index (κ3) is 8.97. The summed E-state index contributed by atoms with van der Waals surface area (Å²) in [5, 5.41) is 11.7. The number of hydrogen-bond donors (Lipinski definition) is 4. The van der Waals surface area contributed by atoms with E-state index in [2.05, 4.69) is 21.3 Å². The minimum Gasteiger partial charge on any atom is -0.376 e. The molecule has 35 heavy (non-hydrogen) atoms. The number of carbonyl (C=O) groups excluding carboxylic acids is 3. The van der Waals surface area contributed by atoms with Gasteiger partial charge in [-0.05, 0) is 69.2 Å². The van der Waals surface area contributed by atoms with E-state index in [1.165, 1.54) is 0 Å². The van der Waals surface area contributed by atoms with Crippen molar-refractivity contribution in [2.75, 3.05) is 22.5 Å². The molecule has 0 saturated carbocycles. The van der Waals surface area contributed by atoms with Crippen molar-refractivity contribution in [3.8, 4) is 0 Å². The lowest BCUT2D eigenvalue weighted by atomic mass is 10.1. The molecule has 0 bridgehead atoms. The summed E-state index contributed by atoms with van der Waals surface area (Å²) in [6, 6.07) is 23.9. The summed E-state index contributed by atoms with van der Waals surface area (Å²) in [5.41, 5.74) is 3.14. The smallest absolute Gasteiger partial charge is 0.251 e. The highest BCUT2D eigenvalue weighted by Crippen LogP contribution is 2.16. The second kappa shape index (κ2) is 11.8. The van der Waals surface area contributed by atoms with Crippen LogP contribution in [-0.4, -0.2) is 29.8 Å². The third-order valence-electron chi connectivity index (χ3n) is 4.98. The maximum atomic E-state index is 12.4. The average Bonchev–Trinajstić information content (AvgIpc) is 2.81. The molecule has 4 N–H and O–H groups in total. The highest BCUT2D eigenvalue weighted by Gasteiger charge is 2.15. The zero-order chi connectivity index (χ0) is 25.3. The van der Waals surface area contributed by atoms with Crippen LogP contribution < -0.4 is 21.3 Å². The van der Waals surface area contributed by atoms with Gasteiger partial charge in [-0.25, -0.2) is 0 Å². The SMILES string of the molecule is CC(C)(C)NC(=O)c1cccc(NC(=O)CNc2cccc(NC(=O)CCc3ccccc3)c2)c1. The van der Waals surface area contributed by atoms with Gasteiger partial charge in [-0.2, -0.15) is 0 Å². The predicted molar refractivity (Wildman–Crippen MR) is 141 cm³/mol. The van der Waals surface area contributed by atoms with Crippen molar-refractivity contribution in [1.82, 2.24) is 5.32 Å². The molecule has 0 aliphatic rings. The van der Waals surface area contributed by atoms with Gasteiger partial charge in [-0.1, -0.05) is 42.5 Å². The van der Waals surface area contributed by atoms with E-state index in [-0.39, 0.29) is 29.8 Å². The molecule has 182 valence electrons. The maximum absolute atomic E-state index is 12.4. The Morgan fingerprint density at radius 2 is 1.34 bits per heavy atom. The van der Waals surface area contributed by atoms with Crippen molar-refractivity contribution in [2.24, 2.45) is 0 Å². The van der Waals surface area contributed by atoms with E-state index in [1.807, 2.05) is 63.2 Å². The number of carbonyl (C=O) groups is 3. The second-order valence-corrected chi connectivity index (χ2v) is 9.30. The third-order valence-corrected chi connectivity index (χ3v) is 4.98. The zero-order valence-electron chi connectivity index (χ0n) is 20.4. The normalized spacial score (nSPS) is 10.8. The summed E-state index contributed by atoms with van der Waals surface area (Å²) in [5.74, 6) is -0.524. The van der Waals surface area contributed by atoms with E-state index in [0.717, 1.165) is 5.56 Å². The van der Waals surface area contributed by atoms with E-state index in [9.17, 15) is 14.4 Å². The monoisotopic (exact) mass is 472 g/mol. The Bertz CT molecular complexity index is 1170. The first-order valence-electron chi connectivity index (χ1n) is 11.6. The van der Waals surface area contributed by atoms with Gasteiger partial charge in [-0.3, -0.25) is 14.4 Å². The predicted octanol–water partition coefficient (Wildman–Crippen LogP) is 4.84. The summed E-state index contributed by atoms with van der Waals surface area (Å²) in [6.45, 7) is 5.76. The lowest BCUT2D eigenvalue weighted by Crippen LogP contribution is -2.40. The molecule has 0 spiro atoms. The molecular weight excluding hydrogens is 440 g/mol. The Hall–Kier alpha value is -4.13. The van der Waals surface area contributed by atoms with Crippen LogP contribution in [0.3, 0.4) is 0 Å². The van der Waals surface area contributed by atoms with Crippen LogP contribution in [0.4, 0.5) is 17.1 Å². The van der Waals surface area contributed by atoms with E-state index in [4.69, 9.17) is 0 Å². The van der Waals surface area contributed by atoms with E-state index in [0.29, 0.717) is 35.5 Å². The van der Waals surface area contributed by atoms with Crippen molar-refractivity contribution in [3.63, 3.8) is 0 Å². The molecule has 0 heterocycles. The van der Waals surface area contributed by atoms with E-state index < -0.39 is 0 Å². The Morgan fingerprint density at radius 1 is 0.714 bits per heavy atom. The van der Waals surface area contributed by atoms with Gasteiger partial charge in [0.15, 0.2) is 0 Å². The quantitative estimate of drug-likeness (QED) is 0.358. The Morgan fingerprint density at radius 3 is 2.06 bits per heavy atom. The van der Waals surface area contributed by atoms with Crippen LogP contribution in [0.5, 0.6) is 0 Å². The van der Waals surface area contributed by atoms with Crippen LogP contribution in [0.15, 0.2) is 78.9 Å². The molecule has 0 fully saturated rings. The van der Waals surface area contributed by atoms with Gasteiger partial charge in [0.25, 0.3) is 5.91 Å². The molecule has 0 aliphatic carbocycles. The van der Waals surface area contributed by atoms with Crippen LogP contribution in [0.25, 0.3) is 0 Å². The molecule has 3 aromatic rings. The summed E-state index contributed by atoms with van der Waals surface area (Å²) in [4.78, 5) is 37.1. The molecule has 0 atom stereocenters. The van der Waals surface area contributed by atoms with Gasteiger partial charge in [0.2, 0.25) is 11.8 Å². The van der Waals surface area contributed by atoms with E-state index >= 15 is 0 Å². The molecule has 3 amide bonds. The fourth-order valence-corrected chi connectivity index (χ4v) is 3.37. The molecule has 0 unspecified atom stereocenters. The first-order chi connectivity index (χ1) is 16.7. The summed E-state index contributed by atoms with van der Waals surface area (Å²) in [7, 11) is 0. The maximum Gasteiger partial charge on any atom is 0.251 e. The Kier molecular flexibility index (Phi) is 8.62. The van der Waals surface area contributed by atoms with Gasteiger partial charge in [-0.15, -0.1) is 0 Å². The topological polar surface area (TPSA) is 99.3 Å². The zero-order valence-corrected chi connectivity index (χ0v) is 20.4. The van der Waals surface area contributed by atoms with Crippen molar-refractivity contribution < 1.29 is 14.4 Å². The first-order valence-corrected chi connectivity index (χ1v) is 11.6. The Balaban J connectivity index is 1.49. The van der Waals surface area contributed by atoms with Gasteiger partial charge in [0.1, 0.15) is 0 Å². The molecule has 7 nitrogen and oxygen atoms in total. The van der Waals surface area contributed by atoms with E-state index in [1.54, 1.807) is 36.4 Å². The lowest BCUT2D eigenvalue weighted by Gasteiger charge is -2.20. The fraction of sp³-hybridized carbons (Fsp3) is 0.250. The fourth-order valence-electron chi connectivity index (χ4n) is 3.37. The lowest BCUT2D eigenvalue weighted by molar-refractivity contribution is -0.116. The van der Waals surface area contributed by atoms with Crippen LogP contribution in [0.2, 0.25) is 0 Å². The summed E-state index contributed by atoms with van der Waals surface area (Å²) in [6.07, 6.45) is 1.06. The molecule has 3 rings (SSSR count). The number of aryl methyl sites for hydroxylation is 1. The summed E-state index contributed by atoms with van der Waals surface area (Å²) < 4.78 is 0. The largest absolute Gasteiger partial charge is 0.376 e. The average molecular weight is 473 g/mol. The number of amides is 3. The van der Waals surface area contributed by atoms with Gasteiger partial charge in [0, 0.05) is 34.6 Å². The van der Waals surface area contributed by atoms with Crippen LogP contribution in [0.1, 0.15) is 43.1 Å². The number of nitrogens with one attached hydrogen (secondary N) is 4. The molecule has 3 aromatic carbocycles. The molecule has 0 saturated heterocycles. The second-order valence-electron chi connectivity index (χ2n) is 9.30. The van der Waals surface area contributed by atoms with Gasteiger partial charge in [0.05, 0.1) is 6.54 Å². The number of hydrogen-bond acceptors (Lipinski definition) is 4. The minimum absolute atomic E-state index is 0.0316. The van der Waals surface area contributed by atoms with Crippen LogP contribution >= 0.6 is 0 Å². The van der Waals surface area contributed by atoms with Crippen molar-refractivity contribution in [3.05, 3.63) is 90.0 Å². The number of rotatable bonds is 9.